The molecule has 0 aromatic rings. The van der Waals surface area contributed by atoms with E-state index in [0.29, 0.717) is 6.42 Å². The molecule has 2 N–H and O–H groups in total. The lowest BCUT2D eigenvalue weighted by Crippen LogP contribution is -2.53. The molecule has 1 aliphatic rings. The highest BCUT2D eigenvalue weighted by Crippen LogP contribution is 2.27. The number of carboxylic acid groups (broad SMARTS) is 1. The fourth-order valence-corrected chi connectivity index (χ4v) is 1.39. The molecule has 3 nitrogen and oxygen atoms in total. The van der Waals surface area contributed by atoms with Crippen molar-refractivity contribution in [2.45, 2.75) is 37.5 Å². The third-order valence-electron chi connectivity index (χ3n) is 2.08. The molecule has 1 saturated heterocycles. The molecule has 0 amide bonds. The van der Waals surface area contributed by atoms with Gasteiger partial charge in [0.25, 0.3) is 0 Å². The first-order valence-electron chi connectivity index (χ1n) is 3.97. The summed E-state index contributed by atoms with van der Waals surface area (Å²) in [5.41, 5.74) is 0. The van der Waals surface area contributed by atoms with Crippen LogP contribution in [0.3, 0.4) is 0 Å². The van der Waals surface area contributed by atoms with Crippen molar-refractivity contribution in [2.24, 2.45) is 0 Å². The number of hydrogen-bond donors (Lipinski definition) is 2. The molecule has 6 heteroatoms. The zero-order chi connectivity index (χ0) is 10.1. The van der Waals surface area contributed by atoms with E-state index in [4.69, 9.17) is 5.11 Å². The van der Waals surface area contributed by atoms with Crippen LogP contribution in [0.5, 0.6) is 0 Å². The van der Waals surface area contributed by atoms with Gasteiger partial charge in [-0.25, -0.2) is 0 Å². The van der Waals surface area contributed by atoms with Gasteiger partial charge in [-0.1, -0.05) is 0 Å². The van der Waals surface area contributed by atoms with E-state index in [1.807, 2.05) is 0 Å². The van der Waals surface area contributed by atoms with Crippen LogP contribution in [0.15, 0.2) is 0 Å². The van der Waals surface area contributed by atoms with Gasteiger partial charge in [0.05, 0.1) is 0 Å². The van der Waals surface area contributed by atoms with Gasteiger partial charge in [-0.05, 0) is 19.3 Å². The van der Waals surface area contributed by atoms with Crippen molar-refractivity contribution >= 4 is 5.97 Å². The Morgan fingerprint density at radius 3 is 2.46 bits per heavy atom. The molecule has 2 unspecified atom stereocenters. The summed E-state index contributed by atoms with van der Waals surface area (Å²) in [4.78, 5) is 10.4. The Bertz CT molecular complexity index is 204. The summed E-state index contributed by atoms with van der Waals surface area (Å²) in [7, 11) is 0. The van der Waals surface area contributed by atoms with Crippen LogP contribution in [0.2, 0.25) is 0 Å². The van der Waals surface area contributed by atoms with Crippen LogP contribution in [-0.4, -0.2) is 29.3 Å². The first-order valence-corrected chi connectivity index (χ1v) is 3.97. The van der Waals surface area contributed by atoms with Crippen LogP contribution in [-0.2, 0) is 4.79 Å². The van der Waals surface area contributed by atoms with E-state index in [1.54, 1.807) is 0 Å². The van der Waals surface area contributed by atoms with E-state index >= 15 is 0 Å². The van der Waals surface area contributed by atoms with Gasteiger partial charge in [0.15, 0.2) is 0 Å². The summed E-state index contributed by atoms with van der Waals surface area (Å²) in [6.07, 6.45) is -3.81. The highest BCUT2D eigenvalue weighted by atomic mass is 19.4. The second-order valence-corrected chi connectivity index (χ2v) is 3.08. The first kappa shape index (κ1) is 10.3. The van der Waals surface area contributed by atoms with Crippen molar-refractivity contribution in [2.75, 3.05) is 0 Å². The molecule has 0 radical (unpaired) electrons. The third-order valence-corrected chi connectivity index (χ3v) is 2.08. The summed E-state index contributed by atoms with van der Waals surface area (Å²) in [6, 6.07) is -2.72. The average Bonchev–Trinajstić information content (AvgIpc) is 2.03. The minimum absolute atomic E-state index is 0.0344. The number of alkyl halides is 3. The fourth-order valence-electron chi connectivity index (χ4n) is 1.39. The Hall–Kier alpha value is -0.780. The molecule has 0 aromatic heterocycles. The summed E-state index contributed by atoms with van der Waals surface area (Å²) in [5.74, 6) is -1.21. The standard InChI is InChI=1S/C7H10F3NO2/c8-7(9,10)5-3-1-2-4(11-5)6(12)13/h4-5,11H,1-3H2,(H,12,13). The monoisotopic (exact) mass is 197 g/mol. The largest absolute Gasteiger partial charge is 0.480 e. The van der Waals surface area contributed by atoms with Gasteiger partial charge in [0.1, 0.15) is 12.1 Å². The quantitative estimate of drug-likeness (QED) is 0.662. The molecule has 1 heterocycles. The van der Waals surface area contributed by atoms with Crippen LogP contribution in [0.1, 0.15) is 19.3 Å². The lowest BCUT2D eigenvalue weighted by molar-refractivity contribution is -0.167. The Balaban J connectivity index is 2.57. The third kappa shape index (κ3) is 2.58. The first-order chi connectivity index (χ1) is 5.91. The van der Waals surface area contributed by atoms with E-state index < -0.39 is 24.2 Å². The van der Waals surface area contributed by atoms with Crippen LogP contribution in [0.4, 0.5) is 13.2 Å². The number of rotatable bonds is 1. The maximum Gasteiger partial charge on any atom is 0.403 e. The minimum Gasteiger partial charge on any atom is -0.480 e. The zero-order valence-corrected chi connectivity index (χ0v) is 6.77. The second kappa shape index (κ2) is 3.53. The van der Waals surface area contributed by atoms with Crippen molar-refractivity contribution in [3.8, 4) is 0 Å². The van der Waals surface area contributed by atoms with Crippen molar-refractivity contribution in [1.82, 2.24) is 5.32 Å². The molecule has 0 aromatic carbocycles. The number of nitrogens with one attached hydrogen (secondary N) is 1. The number of aliphatic carboxylic acids is 1. The number of carbonyl (C=O) groups is 1. The van der Waals surface area contributed by atoms with Crippen molar-refractivity contribution in [3.63, 3.8) is 0 Å². The SMILES string of the molecule is O=C(O)C1CCCC(C(F)(F)F)N1. The summed E-state index contributed by atoms with van der Waals surface area (Å²) in [5, 5.41) is 10.6. The Labute approximate surface area is 72.9 Å². The van der Waals surface area contributed by atoms with E-state index in [2.05, 4.69) is 5.32 Å². The van der Waals surface area contributed by atoms with E-state index in [9.17, 15) is 18.0 Å². The normalized spacial score (nSPS) is 30.1. The van der Waals surface area contributed by atoms with Gasteiger partial charge in [-0.2, -0.15) is 13.2 Å². The smallest absolute Gasteiger partial charge is 0.403 e. The van der Waals surface area contributed by atoms with Gasteiger partial charge >= 0.3 is 12.1 Å². The molecule has 1 fully saturated rings. The van der Waals surface area contributed by atoms with Crippen molar-refractivity contribution < 1.29 is 23.1 Å². The summed E-state index contributed by atoms with van der Waals surface area (Å²) in [6.45, 7) is 0. The van der Waals surface area contributed by atoms with E-state index in [0.717, 1.165) is 0 Å². The van der Waals surface area contributed by atoms with Gasteiger partial charge in [-0.15, -0.1) is 0 Å². The number of carboxylic acids is 1. The van der Waals surface area contributed by atoms with Gasteiger partial charge in [0, 0.05) is 0 Å². The molecule has 0 bridgehead atoms. The number of hydrogen-bond acceptors (Lipinski definition) is 2. The van der Waals surface area contributed by atoms with Crippen LogP contribution in [0.25, 0.3) is 0 Å². The highest BCUT2D eigenvalue weighted by molar-refractivity contribution is 5.73. The van der Waals surface area contributed by atoms with Crippen molar-refractivity contribution in [1.29, 1.82) is 0 Å². The molecule has 0 saturated carbocycles. The zero-order valence-electron chi connectivity index (χ0n) is 6.77. The molecule has 0 spiro atoms. The molecular formula is C7H10F3NO2. The molecule has 13 heavy (non-hydrogen) atoms. The maximum atomic E-state index is 12.1. The molecule has 76 valence electrons. The van der Waals surface area contributed by atoms with E-state index in [1.165, 1.54) is 0 Å². The lowest BCUT2D eigenvalue weighted by Gasteiger charge is -2.29. The van der Waals surface area contributed by atoms with Gasteiger partial charge in [0.2, 0.25) is 0 Å². The van der Waals surface area contributed by atoms with Crippen molar-refractivity contribution in [3.05, 3.63) is 0 Å². The van der Waals surface area contributed by atoms with Gasteiger partial charge in [-0.3, -0.25) is 10.1 Å². The minimum atomic E-state index is -4.34. The highest BCUT2D eigenvalue weighted by Gasteiger charge is 2.43. The molecule has 0 aliphatic carbocycles. The molecular weight excluding hydrogens is 187 g/mol. The molecule has 2 atom stereocenters. The average molecular weight is 197 g/mol. The Morgan fingerprint density at radius 2 is 2.00 bits per heavy atom. The molecule has 1 rings (SSSR count). The topological polar surface area (TPSA) is 49.3 Å². The van der Waals surface area contributed by atoms with Crippen LogP contribution >= 0.6 is 0 Å². The maximum absolute atomic E-state index is 12.1. The summed E-state index contributed by atoms with van der Waals surface area (Å²) >= 11 is 0. The van der Waals surface area contributed by atoms with E-state index in [-0.39, 0.29) is 12.8 Å². The lowest BCUT2D eigenvalue weighted by atomic mass is 9.98. The van der Waals surface area contributed by atoms with Crippen LogP contribution < -0.4 is 5.32 Å². The fraction of sp³-hybridized carbons (Fsp3) is 0.857. The van der Waals surface area contributed by atoms with Crippen LogP contribution in [0, 0.1) is 0 Å². The second-order valence-electron chi connectivity index (χ2n) is 3.08. The Morgan fingerprint density at radius 1 is 1.38 bits per heavy atom. The predicted octanol–water partition coefficient (Wildman–Crippen LogP) is 1.14. The molecule has 1 aliphatic heterocycles. The Kier molecular flexibility index (Phi) is 2.80. The van der Waals surface area contributed by atoms with Gasteiger partial charge < -0.3 is 5.11 Å². The number of halogens is 3. The predicted molar refractivity (Wildman–Crippen MR) is 38.3 cm³/mol. The summed E-state index contributed by atoms with van der Waals surface area (Å²) < 4.78 is 36.4. The number of piperidine rings is 1.